The number of aromatic nitrogens is 2. The molecule has 1 fully saturated rings. The number of aliphatic hydroxyl groups excluding tert-OH is 2. The molecule has 1 aliphatic heterocycles. The van der Waals surface area contributed by atoms with E-state index in [4.69, 9.17) is 15.3 Å². The van der Waals surface area contributed by atoms with Gasteiger partial charge in [0.05, 0.1) is 6.61 Å². The molecule has 0 aliphatic carbocycles. The molecule has 1 saturated heterocycles. The van der Waals surface area contributed by atoms with Gasteiger partial charge in [-0.2, -0.15) is 0 Å². The maximum absolute atomic E-state index is 13.8. The summed E-state index contributed by atoms with van der Waals surface area (Å²) in [6.07, 6.45) is -4.41. The largest absolute Gasteiger partial charge is 0.394 e. The minimum atomic E-state index is -1.81. The third-order valence-electron chi connectivity index (χ3n) is 3.01. The first-order chi connectivity index (χ1) is 8.47. The van der Waals surface area contributed by atoms with Crippen molar-refractivity contribution in [1.82, 2.24) is 9.13 Å². The number of hydrogen-bond donors (Lipinski definition) is 3. The first-order valence-electron chi connectivity index (χ1n) is 5.38. The summed E-state index contributed by atoms with van der Waals surface area (Å²) in [5.41, 5.74) is -0.648. The van der Waals surface area contributed by atoms with Crippen LogP contribution in [0.15, 0.2) is 17.1 Å². The van der Waals surface area contributed by atoms with E-state index in [1.807, 2.05) is 0 Å². The fourth-order valence-corrected chi connectivity index (χ4v) is 1.87. The molecule has 1 aromatic rings. The lowest BCUT2D eigenvalue weighted by atomic mass is 10.1. The Labute approximate surface area is 101 Å². The van der Waals surface area contributed by atoms with Crippen LogP contribution in [0.3, 0.4) is 0 Å². The highest BCUT2D eigenvalue weighted by Crippen LogP contribution is 2.30. The van der Waals surface area contributed by atoms with Crippen LogP contribution in [0.1, 0.15) is 6.23 Å². The number of nitrogens with zero attached hydrogens (tertiary/aromatic N) is 2. The molecule has 18 heavy (non-hydrogen) atoms. The molecule has 0 aromatic carbocycles. The number of hydrogen-bond acceptors (Lipinski definition) is 5. The quantitative estimate of drug-likeness (QED) is 0.586. The number of nitrogens with one attached hydrogen (secondary N) is 1. The van der Waals surface area contributed by atoms with Crippen LogP contribution in [-0.2, 0) is 11.8 Å². The number of rotatable bonds is 2. The molecule has 2 rings (SSSR count). The molecular formula is C10H14FN3O4. The Hall–Kier alpha value is -1.51. The maximum atomic E-state index is 13.8. The van der Waals surface area contributed by atoms with Crippen LogP contribution in [0.25, 0.3) is 0 Å². The zero-order valence-corrected chi connectivity index (χ0v) is 9.65. The van der Waals surface area contributed by atoms with Crippen LogP contribution < -0.4 is 11.2 Å². The van der Waals surface area contributed by atoms with Crippen molar-refractivity contribution in [3.63, 3.8) is 0 Å². The first kappa shape index (κ1) is 12.9. The monoisotopic (exact) mass is 259 g/mol. The van der Waals surface area contributed by atoms with Crippen LogP contribution in [-0.4, -0.2) is 44.3 Å². The highest BCUT2D eigenvalue weighted by atomic mass is 19.1. The number of halogens is 1. The van der Waals surface area contributed by atoms with E-state index in [2.05, 4.69) is 0 Å². The summed E-state index contributed by atoms with van der Waals surface area (Å²) in [4.78, 5) is 11.8. The molecule has 100 valence electrons. The second-order valence-corrected chi connectivity index (χ2v) is 4.13. The van der Waals surface area contributed by atoms with E-state index in [-0.39, 0.29) is 5.49 Å². The highest BCUT2D eigenvalue weighted by Gasteiger charge is 2.45. The molecule has 4 atom stereocenters. The van der Waals surface area contributed by atoms with Gasteiger partial charge in [0.1, 0.15) is 17.7 Å². The minimum absolute atomic E-state index is 0.0242. The Bertz CT molecular complexity index is 555. The van der Waals surface area contributed by atoms with Crippen molar-refractivity contribution in [2.75, 3.05) is 6.61 Å². The van der Waals surface area contributed by atoms with Gasteiger partial charge in [-0.15, -0.1) is 0 Å². The molecule has 1 aliphatic rings. The Morgan fingerprint density at radius 1 is 1.61 bits per heavy atom. The molecule has 2 heterocycles. The summed E-state index contributed by atoms with van der Waals surface area (Å²) in [5.74, 6) is 0. The van der Waals surface area contributed by atoms with E-state index < -0.39 is 36.9 Å². The number of ether oxygens (including phenoxy) is 1. The van der Waals surface area contributed by atoms with E-state index in [0.29, 0.717) is 0 Å². The fourth-order valence-electron chi connectivity index (χ4n) is 1.87. The average molecular weight is 259 g/mol. The topological polar surface area (TPSA) is 100 Å². The lowest BCUT2D eigenvalue weighted by Gasteiger charge is -2.16. The third-order valence-corrected chi connectivity index (χ3v) is 3.01. The predicted octanol–water partition coefficient (Wildman–Crippen LogP) is -1.75. The van der Waals surface area contributed by atoms with Gasteiger partial charge in [0.15, 0.2) is 12.4 Å². The van der Waals surface area contributed by atoms with E-state index in [1.165, 1.54) is 19.3 Å². The zero-order valence-electron chi connectivity index (χ0n) is 9.65. The van der Waals surface area contributed by atoms with Gasteiger partial charge >= 0.3 is 5.69 Å². The summed E-state index contributed by atoms with van der Waals surface area (Å²) in [6, 6.07) is 1.32. The molecule has 8 heteroatoms. The maximum Gasteiger partial charge on any atom is 0.331 e. The Kier molecular flexibility index (Phi) is 3.33. The summed E-state index contributed by atoms with van der Waals surface area (Å²) < 4.78 is 20.9. The van der Waals surface area contributed by atoms with Crippen LogP contribution >= 0.6 is 0 Å². The molecule has 0 radical (unpaired) electrons. The summed E-state index contributed by atoms with van der Waals surface area (Å²) in [6.45, 7) is -0.532. The van der Waals surface area contributed by atoms with Gasteiger partial charge in [0, 0.05) is 13.2 Å². The fraction of sp³-hybridized carbons (Fsp3) is 0.600. The zero-order chi connectivity index (χ0) is 13.4. The van der Waals surface area contributed by atoms with Gasteiger partial charge in [0.2, 0.25) is 0 Å². The molecule has 3 N–H and O–H groups in total. The first-order valence-corrected chi connectivity index (χ1v) is 5.38. The van der Waals surface area contributed by atoms with E-state index in [0.717, 1.165) is 9.13 Å². The van der Waals surface area contributed by atoms with Crippen molar-refractivity contribution < 1.29 is 19.3 Å². The minimum Gasteiger partial charge on any atom is -0.394 e. The SMILES string of the molecule is Cn1c(=N)ccn([C@@H]2O[C@H](CO)C(O)[C@@H]2F)c1=O. The van der Waals surface area contributed by atoms with E-state index in [9.17, 15) is 14.3 Å². The predicted molar refractivity (Wildman–Crippen MR) is 57.4 cm³/mol. The molecule has 0 amide bonds. The van der Waals surface area contributed by atoms with Crippen molar-refractivity contribution in [2.24, 2.45) is 7.05 Å². The third kappa shape index (κ3) is 1.88. The van der Waals surface area contributed by atoms with Crippen molar-refractivity contribution in [2.45, 2.75) is 24.6 Å². The van der Waals surface area contributed by atoms with Gasteiger partial charge < -0.3 is 14.9 Å². The van der Waals surface area contributed by atoms with Gasteiger partial charge in [-0.3, -0.25) is 14.5 Å². The summed E-state index contributed by atoms with van der Waals surface area (Å²) in [7, 11) is 1.38. The summed E-state index contributed by atoms with van der Waals surface area (Å²) in [5, 5.41) is 25.8. The standard InChI is InChI=1S/C10H14FN3O4/c1-13-6(12)2-3-14(10(13)17)9-7(11)8(16)5(4-15)18-9/h2-3,5,7-9,12,15-16H,4H2,1H3/t5-,7+,8?,9-/m1/s1. The molecule has 1 aromatic heterocycles. The van der Waals surface area contributed by atoms with Crippen molar-refractivity contribution >= 4 is 0 Å². The van der Waals surface area contributed by atoms with Gasteiger partial charge in [-0.05, 0) is 6.07 Å². The Balaban J connectivity index is 2.42. The van der Waals surface area contributed by atoms with E-state index >= 15 is 0 Å². The second-order valence-electron chi connectivity index (χ2n) is 4.13. The smallest absolute Gasteiger partial charge is 0.331 e. The van der Waals surface area contributed by atoms with Crippen molar-refractivity contribution in [3.05, 3.63) is 28.2 Å². The highest BCUT2D eigenvalue weighted by molar-refractivity contribution is 4.93. The summed E-state index contributed by atoms with van der Waals surface area (Å²) >= 11 is 0. The molecular weight excluding hydrogens is 245 g/mol. The molecule has 0 saturated carbocycles. The van der Waals surface area contributed by atoms with E-state index in [1.54, 1.807) is 0 Å². The second kappa shape index (κ2) is 4.63. The average Bonchev–Trinajstić information content (AvgIpc) is 2.64. The van der Waals surface area contributed by atoms with Crippen molar-refractivity contribution in [3.8, 4) is 0 Å². The molecule has 0 bridgehead atoms. The van der Waals surface area contributed by atoms with Gasteiger partial charge in [-0.1, -0.05) is 0 Å². The van der Waals surface area contributed by atoms with Gasteiger partial charge in [-0.25, -0.2) is 9.18 Å². The number of alkyl halides is 1. The molecule has 0 spiro atoms. The number of aliphatic hydroxyl groups is 2. The normalized spacial score (nSPS) is 31.8. The Morgan fingerprint density at radius 2 is 2.28 bits per heavy atom. The molecule has 1 unspecified atom stereocenters. The van der Waals surface area contributed by atoms with Crippen LogP contribution in [0.5, 0.6) is 0 Å². The van der Waals surface area contributed by atoms with Crippen LogP contribution in [0.4, 0.5) is 4.39 Å². The van der Waals surface area contributed by atoms with Gasteiger partial charge in [0.25, 0.3) is 0 Å². The lowest BCUT2D eigenvalue weighted by molar-refractivity contribution is -0.0495. The van der Waals surface area contributed by atoms with Crippen LogP contribution in [0.2, 0.25) is 0 Å². The lowest BCUT2D eigenvalue weighted by Crippen LogP contribution is -2.40. The van der Waals surface area contributed by atoms with Crippen LogP contribution in [0, 0.1) is 5.41 Å². The molecule has 7 nitrogen and oxygen atoms in total. The Morgan fingerprint density at radius 3 is 2.83 bits per heavy atom. The van der Waals surface area contributed by atoms with Crippen molar-refractivity contribution in [1.29, 1.82) is 5.41 Å².